The lowest BCUT2D eigenvalue weighted by Crippen LogP contribution is -2.00. The summed E-state index contributed by atoms with van der Waals surface area (Å²) >= 11 is 0. The fourth-order valence-corrected chi connectivity index (χ4v) is 1.22. The van der Waals surface area contributed by atoms with E-state index in [1.165, 1.54) is 14.2 Å². The molecule has 0 fully saturated rings. The Hall–Kier alpha value is -2.10. The van der Waals surface area contributed by atoms with E-state index in [2.05, 4.69) is 9.47 Å². The molecular formula is C13H14O4. The third kappa shape index (κ3) is 4.10. The summed E-state index contributed by atoms with van der Waals surface area (Å²) in [5.74, 6) is -0.650. The number of carbonyl (C=O) groups is 2. The van der Waals surface area contributed by atoms with Crippen molar-refractivity contribution in [3.63, 3.8) is 0 Å². The van der Waals surface area contributed by atoms with Crippen LogP contribution in [-0.4, -0.2) is 26.2 Å². The molecule has 0 spiro atoms. The SMILES string of the molecule is COC(=O)CC=Cc1ccc(C(=O)OC)cc1. The van der Waals surface area contributed by atoms with Gasteiger partial charge in [-0.3, -0.25) is 4.79 Å². The standard InChI is InChI=1S/C13H14O4/c1-16-12(14)5-3-4-10-6-8-11(9-7-10)13(15)17-2/h3-4,6-9H,5H2,1-2H3. The Balaban J connectivity index is 2.62. The summed E-state index contributed by atoms with van der Waals surface area (Å²) in [6.45, 7) is 0. The van der Waals surface area contributed by atoms with Crippen LogP contribution in [-0.2, 0) is 14.3 Å². The van der Waals surface area contributed by atoms with Crippen LogP contribution in [0.2, 0.25) is 0 Å². The predicted octanol–water partition coefficient (Wildman–Crippen LogP) is 2.05. The van der Waals surface area contributed by atoms with Crippen molar-refractivity contribution >= 4 is 18.0 Å². The molecule has 0 unspecified atom stereocenters. The van der Waals surface area contributed by atoms with Crippen molar-refractivity contribution < 1.29 is 19.1 Å². The summed E-state index contributed by atoms with van der Waals surface area (Å²) in [6, 6.07) is 6.90. The van der Waals surface area contributed by atoms with Crippen LogP contribution in [0.15, 0.2) is 30.3 Å². The van der Waals surface area contributed by atoms with Crippen molar-refractivity contribution in [3.8, 4) is 0 Å². The largest absolute Gasteiger partial charge is 0.469 e. The Morgan fingerprint density at radius 1 is 1.12 bits per heavy atom. The molecule has 0 saturated heterocycles. The Morgan fingerprint density at radius 3 is 2.29 bits per heavy atom. The average Bonchev–Trinajstić information content (AvgIpc) is 2.38. The fourth-order valence-electron chi connectivity index (χ4n) is 1.22. The maximum Gasteiger partial charge on any atom is 0.337 e. The molecule has 4 nitrogen and oxygen atoms in total. The van der Waals surface area contributed by atoms with Gasteiger partial charge in [0, 0.05) is 0 Å². The first kappa shape index (κ1) is 13.0. The molecule has 0 amide bonds. The number of esters is 2. The van der Waals surface area contributed by atoms with Gasteiger partial charge in [-0.15, -0.1) is 0 Å². The van der Waals surface area contributed by atoms with Gasteiger partial charge in [-0.2, -0.15) is 0 Å². The molecule has 4 heteroatoms. The Morgan fingerprint density at radius 2 is 1.76 bits per heavy atom. The van der Waals surface area contributed by atoms with Gasteiger partial charge in [-0.25, -0.2) is 4.79 Å². The van der Waals surface area contributed by atoms with E-state index in [1.54, 1.807) is 36.4 Å². The maximum absolute atomic E-state index is 11.2. The van der Waals surface area contributed by atoms with Crippen molar-refractivity contribution in [2.24, 2.45) is 0 Å². The zero-order valence-corrected chi connectivity index (χ0v) is 9.80. The van der Waals surface area contributed by atoms with E-state index < -0.39 is 0 Å². The van der Waals surface area contributed by atoms with Crippen molar-refractivity contribution in [1.82, 2.24) is 0 Å². The lowest BCUT2D eigenvalue weighted by molar-refractivity contribution is -0.139. The van der Waals surface area contributed by atoms with Gasteiger partial charge in [0.25, 0.3) is 0 Å². The molecule has 0 atom stereocenters. The number of ether oxygens (including phenoxy) is 2. The number of hydrogen-bond acceptors (Lipinski definition) is 4. The molecule has 0 aromatic heterocycles. The molecule has 0 aliphatic carbocycles. The van der Waals surface area contributed by atoms with Gasteiger partial charge in [-0.05, 0) is 17.7 Å². The number of rotatable bonds is 4. The van der Waals surface area contributed by atoms with Crippen molar-refractivity contribution in [1.29, 1.82) is 0 Å². The molecule has 0 aliphatic heterocycles. The van der Waals surface area contributed by atoms with E-state index in [9.17, 15) is 9.59 Å². The lowest BCUT2D eigenvalue weighted by atomic mass is 10.1. The summed E-state index contributed by atoms with van der Waals surface area (Å²) in [6.07, 6.45) is 3.73. The molecule has 90 valence electrons. The first-order chi connectivity index (χ1) is 8.17. The first-order valence-corrected chi connectivity index (χ1v) is 5.09. The van der Waals surface area contributed by atoms with E-state index in [-0.39, 0.29) is 18.4 Å². The first-order valence-electron chi connectivity index (χ1n) is 5.09. The van der Waals surface area contributed by atoms with Crippen molar-refractivity contribution in [2.45, 2.75) is 6.42 Å². The fraction of sp³-hybridized carbons (Fsp3) is 0.231. The Kier molecular flexibility index (Phi) is 4.94. The van der Waals surface area contributed by atoms with Gasteiger partial charge in [0.05, 0.1) is 26.2 Å². The van der Waals surface area contributed by atoms with Crippen LogP contribution in [0.25, 0.3) is 6.08 Å². The van der Waals surface area contributed by atoms with E-state index in [1.807, 2.05) is 0 Å². The number of carbonyl (C=O) groups excluding carboxylic acids is 2. The molecule has 1 aromatic rings. The van der Waals surface area contributed by atoms with Gasteiger partial charge in [0.15, 0.2) is 0 Å². The average molecular weight is 234 g/mol. The maximum atomic E-state index is 11.2. The van der Waals surface area contributed by atoms with Crippen LogP contribution >= 0.6 is 0 Å². The van der Waals surface area contributed by atoms with Crippen LogP contribution in [0.1, 0.15) is 22.3 Å². The van der Waals surface area contributed by atoms with Crippen LogP contribution in [0, 0.1) is 0 Å². The molecule has 0 aliphatic rings. The van der Waals surface area contributed by atoms with E-state index in [0.29, 0.717) is 5.56 Å². The van der Waals surface area contributed by atoms with E-state index in [4.69, 9.17) is 0 Å². The summed E-state index contributed by atoms with van der Waals surface area (Å²) in [4.78, 5) is 22.0. The monoisotopic (exact) mass is 234 g/mol. The van der Waals surface area contributed by atoms with Crippen LogP contribution in [0.5, 0.6) is 0 Å². The summed E-state index contributed by atoms with van der Waals surface area (Å²) < 4.78 is 9.09. The third-order valence-corrected chi connectivity index (χ3v) is 2.15. The molecule has 0 radical (unpaired) electrons. The van der Waals surface area contributed by atoms with Crippen LogP contribution in [0.3, 0.4) is 0 Å². The lowest BCUT2D eigenvalue weighted by Gasteiger charge is -1.99. The molecule has 1 rings (SSSR count). The third-order valence-electron chi connectivity index (χ3n) is 2.15. The Labute approximate surface area is 99.8 Å². The minimum atomic E-state index is -0.366. The molecule has 0 heterocycles. The number of methoxy groups -OCH3 is 2. The minimum absolute atomic E-state index is 0.231. The van der Waals surface area contributed by atoms with E-state index >= 15 is 0 Å². The van der Waals surface area contributed by atoms with Gasteiger partial charge in [0.2, 0.25) is 0 Å². The molecule has 0 bridgehead atoms. The Bertz CT molecular complexity index is 418. The smallest absolute Gasteiger partial charge is 0.337 e. The molecule has 0 N–H and O–H groups in total. The molecular weight excluding hydrogens is 220 g/mol. The quantitative estimate of drug-likeness (QED) is 0.748. The van der Waals surface area contributed by atoms with Crippen LogP contribution < -0.4 is 0 Å². The minimum Gasteiger partial charge on any atom is -0.469 e. The topological polar surface area (TPSA) is 52.6 Å². The van der Waals surface area contributed by atoms with Crippen LogP contribution in [0.4, 0.5) is 0 Å². The highest BCUT2D eigenvalue weighted by Gasteiger charge is 2.03. The summed E-state index contributed by atoms with van der Waals surface area (Å²) in [5, 5.41) is 0. The van der Waals surface area contributed by atoms with Crippen molar-refractivity contribution in [2.75, 3.05) is 14.2 Å². The molecule has 17 heavy (non-hydrogen) atoms. The number of benzene rings is 1. The second kappa shape index (κ2) is 6.48. The van der Waals surface area contributed by atoms with Gasteiger partial charge in [0.1, 0.15) is 0 Å². The normalized spacial score (nSPS) is 10.2. The van der Waals surface area contributed by atoms with Crippen molar-refractivity contribution in [3.05, 3.63) is 41.5 Å². The van der Waals surface area contributed by atoms with Gasteiger partial charge in [-0.1, -0.05) is 24.3 Å². The van der Waals surface area contributed by atoms with Gasteiger partial charge >= 0.3 is 11.9 Å². The predicted molar refractivity (Wildman–Crippen MR) is 63.4 cm³/mol. The zero-order valence-electron chi connectivity index (χ0n) is 9.80. The van der Waals surface area contributed by atoms with E-state index in [0.717, 1.165) is 5.56 Å². The second-order valence-corrected chi connectivity index (χ2v) is 3.30. The second-order valence-electron chi connectivity index (χ2n) is 3.30. The highest BCUT2D eigenvalue weighted by atomic mass is 16.5. The zero-order chi connectivity index (χ0) is 12.7. The number of hydrogen-bond donors (Lipinski definition) is 0. The summed E-state index contributed by atoms with van der Waals surface area (Å²) in [5.41, 5.74) is 1.40. The molecule has 0 saturated carbocycles. The van der Waals surface area contributed by atoms with Gasteiger partial charge < -0.3 is 9.47 Å². The highest BCUT2D eigenvalue weighted by molar-refractivity contribution is 5.89. The summed E-state index contributed by atoms with van der Waals surface area (Å²) in [7, 11) is 2.69. The molecule has 1 aromatic carbocycles. The highest BCUT2D eigenvalue weighted by Crippen LogP contribution is 2.07.